The van der Waals surface area contributed by atoms with Gasteiger partial charge in [-0.05, 0) is 18.2 Å². The van der Waals surface area contributed by atoms with Gasteiger partial charge in [0.1, 0.15) is 17.2 Å². The molecule has 0 aliphatic rings. The fourth-order valence-corrected chi connectivity index (χ4v) is 1.36. The molecule has 0 N–H and O–H groups in total. The predicted octanol–water partition coefficient (Wildman–Crippen LogP) is 2.33. The van der Waals surface area contributed by atoms with Crippen molar-refractivity contribution < 1.29 is 4.74 Å². The zero-order chi connectivity index (χ0) is 9.97. The van der Waals surface area contributed by atoms with E-state index in [0.717, 1.165) is 11.4 Å². The summed E-state index contributed by atoms with van der Waals surface area (Å²) in [5.41, 5.74) is 0.894. The van der Waals surface area contributed by atoms with Gasteiger partial charge in [-0.2, -0.15) is 0 Å². The van der Waals surface area contributed by atoms with E-state index in [4.69, 9.17) is 16.3 Å². The SMILES string of the molecule is COc1c[c]ccc1-n1cnc(Cl)c1. The maximum atomic E-state index is 5.73. The van der Waals surface area contributed by atoms with E-state index in [9.17, 15) is 0 Å². The van der Waals surface area contributed by atoms with Crippen LogP contribution in [0.2, 0.25) is 5.15 Å². The molecule has 4 heteroatoms. The number of methoxy groups -OCH3 is 1. The Kier molecular flexibility index (Phi) is 2.41. The van der Waals surface area contributed by atoms with E-state index in [0.29, 0.717) is 5.15 Å². The van der Waals surface area contributed by atoms with E-state index in [1.54, 1.807) is 30.3 Å². The molecule has 0 unspecified atom stereocenters. The number of nitrogens with zero attached hydrogens (tertiary/aromatic N) is 2. The molecule has 3 nitrogen and oxygen atoms in total. The van der Waals surface area contributed by atoms with Crippen LogP contribution in [0.1, 0.15) is 0 Å². The van der Waals surface area contributed by atoms with Gasteiger partial charge in [-0.3, -0.25) is 0 Å². The van der Waals surface area contributed by atoms with E-state index in [-0.39, 0.29) is 0 Å². The van der Waals surface area contributed by atoms with Gasteiger partial charge in [0.05, 0.1) is 12.8 Å². The van der Waals surface area contributed by atoms with Crippen LogP contribution in [0.4, 0.5) is 0 Å². The first-order valence-corrected chi connectivity index (χ1v) is 4.43. The van der Waals surface area contributed by atoms with Crippen molar-refractivity contribution in [1.82, 2.24) is 9.55 Å². The molecular weight excluding hydrogens is 200 g/mol. The number of halogens is 1. The monoisotopic (exact) mass is 207 g/mol. The third-order valence-corrected chi connectivity index (χ3v) is 2.05. The van der Waals surface area contributed by atoms with Gasteiger partial charge >= 0.3 is 0 Å². The van der Waals surface area contributed by atoms with Gasteiger partial charge in [0.25, 0.3) is 0 Å². The maximum Gasteiger partial charge on any atom is 0.147 e. The number of ether oxygens (including phenoxy) is 1. The quantitative estimate of drug-likeness (QED) is 0.756. The van der Waals surface area contributed by atoms with Crippen molar-refractivity contribution >= 4 is 11.6 Å². The summed E-state index contributed by atoms with van der Waals surface area (Å²) in [7, 11) is 1.62. The fraction of sp³-hybridized carbons (Fsp3) is 0.100. The number of imidazole rings is 1. The zero-order valence-corrected chi connectivity index (χ0v) is 8.32. The Balaban J connectivity index is 2.50. The van der Waals surface area contributed by atoms with Crippen LogP contribution in [0.5, 0.6) is 5.75 Å². The average Bonchev–Trinajstić information content (AvgIpc) is 2.65. The summed E-state index contributed by atoms with van der Waals surface area (Å²) < 4.78 is 6.99. The summed E-state index contributed by atoms with van der Waals surface area (Å²) in [6.45, 7) is 0. The van der Waals surface area contributed by atoms with Crippen molar-refractivity contribution in [2.24, 2.45) is 0 Å². The molecule has 14 heavy (non-hydrogen) atoms. The highest BCUT2D eigenvalue weighted by Crippen LogP contribution is 2.22. The van der Waals surface area contributed by atoms with Crippen LogP contribution in [0, 0.1) is 6.07 Å². The standard InChI is InChI=1S/C10H8ClN2O/c1-14-9-5-3-2-4-8(9)13-6-10(11)12-7-13/h2,4-7H,1H3. The van der Waals surface area contributed by atoms with Gasteiger partial charge in [-0.25, -0.2) is 4.98 Å². The summed E-state index contributed by atoms with van der Waals surface area (Å²) in [6.07, 6.45) is 3.36. The zero-order valence-electron chi connectivity index (χ0n) is 7.57. The predicted molar refractivity (Wildman–Crippen MR) is 54.0 cm³/mol. The van der Waals surface area contributed by atoms with Gasteiger partial charge in [-0.1, -0.05) is 17.7 Å². The molecule has 0 saturated carbocycles. The highest BCUT2D eigenvalue weighted by molar-refractivity contribution is 6.29. The lowest BCUT2D eigenvalue weighted by Gasteiger charge is -2.07. The maximum absolute atomic E-state index is 5.73. The molecule has 0 spiro atoms. The average molecular weight is 208 g/mol. The fourth-order valence-electron chi connectivity index (χ4n) is 1.21. The van der Waals surface area contributed by atoms with E-state index in [1.165, 1.54) is 0 Å². The van der Waals surface area contributed by atoms with Gasteiger partial charge in [0.15, 0.2) is 0 Å². The van der Waals surface area contributed by atoms with Crippen LogP contribution >= 0.6 is 11.6 Å². The van der Waals surface area contributed by atoms with Crippen molar-refractivity contribution in [3.8, 4) is 11.4 Å². The molecule has 1 aromatic heterocycles. The molecule has 0 bridgehead atoms. The second-order valence-corrected chi connectivity index (χ2v) is 3.09. The van der Waals surface area contributed by atoms with Crippen LogP contribution in [0.25, 0.3) is 5.69 Å². The molecule has 0 saturated heterocycles. The number of hydrogen-bond acceptors (Lipinski definition) is 2. The Morgan fingerprint density at radius 2 is 2.43 bits per heavy atom. The molecule has 71 valence electrons. The van der Waals surface area contributed by atoms with Crippen molar-refractivity contribution in [2.45, 2.75) is 0 Å². The van der Waals surface area contributed by atoms with Crippen LogP contribution in [-0.2, 0) is 0 Å². The highest BCUT2D eigenvalue weighted by atomic mass is 35.5. The molecule has 0 aliphatic heterocycles. The van der Waals surface area contributed by atoms with Crippen molar-refractivity contribution in [2.75, 3.05) is 7.11 Å². The van der Waals surface area contributed by atoms with E-state index >= 15 is 0 Å². The van der Waals surface area contributed by atoms with Crippen LogP contribution in [0.3, 0.4) is 0 Å². The Bertz CT molecular complexity index is 439. The molecule has 1 heterocycles. The number of benzene rings is 1. The minimum Gasteiger partial charge on any atom is -0.495 e. The summed E-state index contributed by atoms with van der Waals surface area (Å²) in [6, 6.07) is 8.40. The van der Waals surface area contributed by atoms with Crippen molar-refractivity contribution in [3.05, 3.63) is 41.9 Å². The van der Waals surface area contributed by atoms with Gasteiger partial charge < -0.3 is 9.30 Å². The topological polar surface area (TPSA) is 27.1 Å². The molecule has 0 amide bonds. The van der Waals surface area contributed by atoms with Gasteiger partial charge in [0.2, 0.25) is 0 Å². The van der Waals surface area contributed by atoms with Gasteiger partial charge in [0, 0.05) is 6.20 Å². The first-order chi connectivity index (χ1) is 6.81. The molecule has 2 aromatic rings. The summed E-state index contributed by atoms with van der Waals surface area (Å²) in [4.78, 5) is 3.93. The number of rotatable bonds is 2. The molecule has 1 radical (unpaired) electrons. The first kappa shape index (κ1) is 9.09. The highest BCUT2D eigenvalue weighted by Gasteiger charge is 2.04. The second-order valence-electron chi connectivity index (χ2n) is 2.70. The minimum absolute atomic E-state index is 0.458. The first-order valence-electron chi connectivity index (χ1n) is 4.05. The van der Waals surface area contributed by atoms with Crippen LogP contribution in [-0.4, -0.2) is 16.7 Å². The smallest absolute Gasteiger partial charge is 0.147 e. The summed E-state index contributed by atoms with van der Waals surface area (Å²) in [5.74, 6) is 0.738. The van der Waals surface area contributed by atoms with Crippen LogP contribution in [0.15, 0.2) is 30.7 Å². The Morgan fingerprint density at radius 1 is 1.57 bits per heavy atom. The molecule has 0 fully saturated rings. The van der Waals surface area contributed by atoms with E-state index in [1.807, 2.05) is 12.1 Å². The third kappa shape index (κ3) is 1.59. The molecule has 0 aliphatic carbocycles. The lowest BCUT2D eigenvalue weighted by molar-refractivity contribution is 0.413. The van der Waals surface area contributed by atoms with Crippen molar-refractivity contribution in [3.63, 3.8) is 0 Å². The lowest BCUT2D eigenvalue weighted by atomic mass is 10.3. The van der Waals surface area contributed by atoms with E-state index < -0.39 is 0 Å². The van der Waals surface area contributed by atoms with Crippen molar-refractivity contribution in [1.29, 1.82) is 0 Å². The number of hydrogen-bond donors (Lipinski definition) is 0. The Morgan fingerprint density at radius 3 is 3.07 bits per heavy atom. The summed E-state index contributed by atoms with van der Waals surface area (Å²) >= 11 is 5.73. The minimum atomic E-state index is 0.458. The van der Waals surface area contributed by atoms with E-state index in [2.05, 4.69) is 11.1 Å². The number of aromatic nitrogens is 2. The Labute approximate surface area is 86.9 Å². The lowest BCUT2D eigenvalue weighted by Crippen LogP contribution is -1.94. The normalized spacial score (nSPS) is 10.1. The van der Waals surface area contributed by atoms with Gasteiger partial charge in [-0.15, -0.1) is 0 Å². The largest absolute Gasteiger partial charge is 0.495 e. The second kappa shape index (κ2) is 3.72. The van der Waals surface area contributed by atoms with Crippen LogP contribution < -0.4 is 4.74 Å². The molecule has 1 aromatic carbocycles. The molecular formula is C10H8ClN2O. The molecule has 2 rings (SSSR count). The third-order valence-electron chi connectivity index (χ3n) is 1.85. The molecule has 0 atom stereocenters. The summed E-state index contributed by atoms with van der Waals surface area (Å²) in [5, 5.41) is 0.458. The Hall–Kier alpha value is -1.48.